The Labute approximate surface area is 59.7 Å². The van der Waals surface area contributed by atoms with Crippen LogP contribution in [0, 0.1) is 5.92 Å². The second-order valence-corrected chi connectivity index (χ2v) is 2.97. The first-order chi connectivity index (χ1) is 4.86. The fraction of sp³-hybridized carbons (Fsp3) is 0.857. The summed E-state index contributed by atoms with van der Waals surface area (Å²) in [6, 6.07) is 0. The van der Waals surface area contributed by atoms with Crippen LogP contribution in [0.2, 0.25) is 0 Å². The lowest BCUT2D eigenvalue weighted by molar-refractivity contribution is -0.122. The molecule has 0 radical (unpaired) electrons. The Balaban J connectivity index is 1.63. The lowest BCUT2D eigenvalue weighted by atomic mass is 10.4. The van der Waals surface area contributed by atoms with Crippen LogP contribution in [0.4, 0.5) is 0 Å². The van der Waals surface area contributed by atoms with Crippen molar-refractivity contribution < 1.29 is 9.53 Å². The van der Waals surface area contributed by atoms with Gasteiger partial charge in [0.25, 0.3) is 0 Å². The Morgan fingerprint density at radius 3 is 2.80 bits per heavy atom. The minimum atomic E-state index is 0.218. The van der Waals surface area contributed by atoms with Gasteiger partial charge in [0.1, 0.15) is 0 Å². The molecule has 1 aliphatic carbocycles. The van der Waals surface area contributed by atoms with E-state index >= 15 is 0 Å². The molecule has 0 aromatic carbocycles. The normalized spacial score (nSPS) is 29.8. The van der Waals surface area contributed by atoms with Crippen molar-refractivity contribution in [3.63, 3.8) is 0 Å². The van der Waals surface area contributed by atoms with Crippen LogP contribution in [0.15, 0.2) is 0 Å². The molecule has 3 heteroatoms. The number of carbonyl (C=O) groups is 1. The Hall–Kier alpha value is -0.570. The van der Waals surface area contributed by atoms with Gasteiger partial charge >= 0.3 is 0 Å². The zero-order valence-corrected chi connectivity index (χ0v) is 5.80. The molecule has 0 aromatic rings. The van der Waals surface area contributed by atoms with E-state index in [2.05, 4.69) is 5.32 Å². The smallest absolute Gasteiger partial charge is 0.223 e. The van der Waals surface area contributed by atoms with Gasteiger partial charge in [0.05, 0.1) is 12.7 Å². The summed E-state index contributed by atoms with van der Waals surface area (Å²) in [5.41, 5.74) is 0. The molecule has 3 nitrogen and oxygen atoms in total. The Bertz CT molecular complexity index is 150. The fourth-order valence-electron chi connectivity index (χ4n) is 0.890. The van der Waals surface area contributed by atoms with Crippen molar-refractivity contribution in [2.24, 2.45) is 5.92 Å². The fourth-order valence-corrected chi connectivity index (χ4v) is 0.890. The van der Waals surface area contributed by atoms with Crippen molar-refractivity contribution in [1.82, 2.24) is 5.32 Å². The van der Waals surface area contributed by atoms with E-state index in [1.807, 2.05) is 0 Å². The summed E-state index contributed by atoms with van der Waals surface area (Å²) in [6.45, 7) is 1.54. The molecule has 0 bridgehead atoms. The van der Waals surface area contributed by atoms with Crippen LogP contribution < -0.4 is 5.32 Å². The van der Waals surface area contributed by atoms with Crippen LogP contribution in [0.25, 0.3) is 0 Å². The lowest BCUT2D eigenvalue weighted by Crippen LogP contribution is -2.28. The Morgan fingerprint density at radius 2 is 2.30 bits per heavy atom. The molecular formula is C7H11NO2. The highest BCUT2D eigenvalue weighted by atomic mass is 16.6. The summed E-state index contributed by atoms with van der Waals surface area (Å²) >= 11 is 0. The van der Waals surface area contributed by atoms with Gasteiger partial charge in [-0.3, -0.25) is 4.79 Å². The van der Waals surface area contributed by atoms with Gasteiger partial charge in [-0.1, -0.05) is 0 Å². The van der Waals surface area contributed by atoms with Crippen LogP contribution in [-0.4, -0.2) is 25.2 Å². The van der Waals surface area contributed by atoms with E-state index in [0.717, 1.165) is 26.0 Å². The summed E-state index contributed by atoms with van der Waals surface area (Å²) in [6.07, 6.45) is 2.48. The van der Waals surface area contributed by atoms with Crippen LogP contribution in [0.3, 0.4) is 0 Å². The van der Waals surface area contributed by atoms with E-state index in [-0.39, 0.29) is 5.91 Å². The number of ether oxygens (including phenoxy) is 1. The highest BCUT2D eigenvalue weighted by Crippen LogP contribution is 2.28. The first-order valence-electron chi connectivity index (χ1n) is 3.75. The van der Waals surface area contributed by atoms with Gasteiger partial charge in [-0.2, -0.15) is 0 Å². The summed E-state index contributed by atoms with van der Waals surface area (Å²) in [7, 11) is 0. The quantitative estimate of drug-likeness (QED) is 0.558. The van der Waals surface area contributed by atoms with Crippen molar-refractivity contribution in [2.45, 2.75) is 18.9 Å². The van der Waals surface area contributed by atoms with E-state index in [1.165, 1.54) is 0 Å². The summed E-state index contributed by atoms with van der Waals surface area (Å²) in [5.74, 6) is 0.550. The van der Waals surface area contributed by atoms with Crippen molar-refractivity contribution >= 4 is 5.91 Å². The molecule has 1 N–H and O–H groups in total. The molecule has 1 heterocycles. The van der Waals surface area contributed by atoms with E-state index < -0.39 is 0 Å². The molecule has 1 aliphatic heterocycles. The summed E-state index contributed by atoms with van der Waals surface area (Å²) < 4.78 is 4.94. The first kappa shape index (κ1) is 6.16. The van der Waals surface area contributed by atoms with E-state index in [9.17, 15) is 4.79 Å². The number of hydrogen-bond donors (Lipinski definition) is 1. The number of hydrogen-bond acceptors (Lipinski definition) is 2. The molecule has 56 valence electrons. The van der Waals surface area contributed by atoms with Crippen LogP contribution in [-0.2, 0) is 9.53 Å². The molecule has 1 unspecified atom stereocenters. The van der Waals surface area contributed by atoms with Crippen LogP contribution in [0.1, 0.15) is 12.8 Å². The maximum Gasteiger partial charge on any atom is 0.223 e. The molecule has 1 atom stereocenters. The number of carbonyl (C=O) groups excluding carboxylic acids is 1. The highest BCUT2D eigenvalue weighted by molar-refractivity contribution is 5.80. The number of rotatable bonds is 3. The van der Waals surface area contributed by atoms with Gasteiger partial charge in [-0.25, -0.2) is 0 Å². The number of nitrogens with one attached hydrogen (secondary N) is 1. The first-order valence-corrected chi connectivity index (χ1v) is 3.75. The third-order valence-corrected chi connectivity index (χ3v) is 1.85. The minimum absolute atomic E-state index is 0.218. The maximum atomic E-state index is 11.0. The highest BCUT2D eigenvalue weighted by Gasteiger charge is 2.31. The Kier molecular flexibility index (Phi) is 1.38. The molecule has 1 saturated heterocycles. The van der Waals surface area contributed by atoms with Gasteiger partial charge in [-0.05, 0) is 12.8 Å². The zero-order chi connectivity index (χ0) is 6.97. The molecular weight excluding hydrogens is 130 g/mol. The summed E-state index contributed by atoms with van der Waals surface area (Å²) in [4.78, 5) is 11.0. The lowest BCUT2D eigenvalue weighted by Gasteiger charge is -1.98. The molecule has 1 amide bonds. The van der Waals surface area contributed by atoms with E-state index in [1.54, 1.807) is 0 Å². The van der Waals surface area contributed by atoms with Gasteiger partial charge < -0.3 is 10.1 Å². The van der Waals surface area contributed by atoms with E-state index in [0.29, 0.717) is 12.0 Å². The van der Waals surface area contributed by atoms with Gasteiger partial charge in [0.15, 0.2) is 0 Å². The van der Waals surface area contributed by atoms with Crippen molar-refractivity contribution in [3.05, 3.63) is 0 Å². The van der Waals surface area contributed by atoms with E-state index in [4.69, 9.17) is 4.74 Å². The van der Waals surface area contributed by atoms with Crippen molar-refractivity contribution in [2.75, 3.05) is 13.2 Å². The maximum absolute atomic E-state index is 11.0. The average Bonchev–Trinajstić information content (AvgIpc) is 2.76. The standard InChI is InChI=1S/C7H11NO2/c9-7(5-1-2-5)8-3-6-4-10-6/h5-6H,1-4H2,(H,8,9). The summed E-state index contributed by atoms with van der Waals surface area (Å²) in [5, 5.41) is 2.84. The third-order valence-electron chi connectivity index (χ3n) is 1.85. The number of amides is 1. The van der Waals surface area contributed by atoms with Gasteiger partial charge in [0.2, 0.25) is 5.91 Å². The second-order valence-electron chi connectivity index (χ2n) is 2.97. The second kappa shape index (κ2) is 2.23. The predicted octanol–water partition coefficient (Wildman–Crippen LogP) is -0.0886. The Morgan fingerprint density at radius 1 is 1.60 bits per heavy atom. The molecule has 0 aromatic heterocycles. The molecule has 2 rings (SSSR count). The van der Waals surface area contributed by atoms with Crippen LogP contribution in [0.5, 0.6) is 0 Å². The SMILES string of the molecule is O=C(NCC1CO1)C1CC1. The monoisotopic (exact) mass is 141 g/mol. The predicted molar refractivity (Wildman–Crippen MR) is 35.5 cm³/mol. The van der Waals surface area contributed by atoms with Gasteiger partial charge in [-0.15, -0.1) is 0 Å². The molecule has 1 saturated carbocycles. The van der Waals surface area contributed by atoms with Crippen molar-refractivity contribution in [3.8, 4) is 0 Å². The largest absolute Gasteiger partial charge is 0.371 e. The average molecular weight is 141 g/mol. The third kappa shape index (κ3) is 1.48. The molecule has 2 fully saturated rings. The molecule has 10 heavy (non-hydrogen) atoms. The zero-order valence-electron chi connectivity index (χ0n) is 5.80. The molecule has 2 aliphatic rings. The van der Waals surface area contributed by atoms with Crippen LogP contribution >= 0.6 is 0 Å². The topological polar surface area (TPSA) is 41.6 Å². The minimum Gasteiger partial charge on any atom is -0.371 e. The van der Waals surface area contributed by atoms with Gasteiger partial charge in [0, 0.05) is 12.5 Å². The number of epoxide rings is 1. The molecule has 0 spiro atoms. The van der Waals surface area contributed by atoms with Crippen molar-refractivity contribution in [1.29, 1.82) is 0 Å².